The van der Waals surface area contributed by atoms with Crippen molar-refractivity contribution in [3.8, 4) is 0 Å². The van der Waals surface area contributed by atoms with E-state index in [1.165, 1.54) is 33.2 Å². The molecule has 0 aliphatic rings. The number of carboxylic acids is 1. The van der Waals surface area contributed by atoms with Crippen LogP contribution in [0.1, 0.15) is 104 Å². The number of hydrogen-bond donors (Lipinski definition) is 2. The van der Waals surface area contributed by atoms with Gasteiger partial charge < -0.3 is 19.8 Å². The summed E-state index contributed by atoms with van der Waals surface area (Å²) in [7, 11) is 1.48. The molecule has 0 aromatic rings. The lowest BCUT2D eigenvalue weighted by atomic mass is 9.99. The van der Waals surface area contributed by atoms with E-state index in [1.54, 1.807) is 0 Å². The molecule has 0 spiro atoms. The van der Waals surface area contributed by atoms with Crippen LogP contribution < -0.4 is 0 Å². The molecule has 0 rings (SSSR count). The monoisotopic (exact) mass is 445 g/mol. The van der Waals surface area contributed by atoms with Crippen LogP contribution in [-0.2, 0) is 24.0 Å². The minimum atomic E-state index is -0.769. The van der Waals surface area contributed by atoms with Crippen molar-refractivity contribution in [1.29, 1.82) is 0 Å². The molecule has 0 radical (unpaired) electrons. The topological polar surface area (TPSA) is 113 Å². The molecule has 0 amide bonds. The second-order valence-electron chi connectivity index (χ2n) is 8.22. The summed E-state index contributed by atoms with van der Waals surface area (Å²) < 4.78 is 5.53. The molecule has 0 saturated carbocycles. The van der Waals surface area contributed by atoms with E-state index >= 15 is 0 Å². The smallest absolute Gasteiger partial charge is 0.324 e. The molecule has 8 heteroatoms. The van der Waals surface area contributed by atoms with Gasteiger partial charge in [0.25, 0.3) is 0 Å². The number of hydroxylamine groups is 2. The molecular formula is C23H43NO7. The molecule has 2 N–H and O–H groups in total. The lowest BCUT2D eigenvalue weighted by Gasteiger charge is -2.24. The molecular weight excluding hydrogens is 402 g/mol. The summed E-state index contributed by atoms with van der Waals surface area (Å²) in [6, 6.07) is 0. The van der Waals surface area contributed by atoms with Crippen LogP contribution in [0.25, 0.3) is 0 Å². The van der Waals surface area contributed by atoms with E-state index in [1.807, 2.05) is 0 Å². The lowest BCUT2D eigenvalue weighted by Crippen LogP contribution is -2.36. The quantitative estimate of drug-likeness (QED) is 0.163. The number of hydrogen-bond acceptors (Lipinski definition) is 7. The second kappa shape index (κ2) is 19.0. The first-order chi connectivity index (χ1) is 14.8. The number of rotatable bonds is 20. The Balaban J connectivity index is 4.40. The maximum absolute atomic E-state index is 12.2. The van der Waals surface area contributed by atoms with Crippen molar-refractivity contribution in [2.24, 2.45) is 0 Å². The van der Waals surface area contributed by atoms with Gasteiger partial charge >= 0.3 is 17.9 Å². The molecule has 0 fully saturated rings. The first-order valence-corrected chi connectivity index (χ1v) is 11.7. The Labute approximate surface area is 187 Å². The largest absolute Gasteiger partial charge is 0.481 e. The highest BCUT2D eigenvalue weighted by atomic mass is 16.7. The van der Waals surface area contributed by atoms with Gasteiger partial charge in [-0.05, 0) is 25.7 Å². The predicted octanol–water partition coefficient (Wildman–Crippen LogP) is 4.23. The maximum atomic E-state index is 12.2. The fraction of sp³-hybridized carbons (Fsp3) is 0.870. The Kier molecular flexibility index (Phi) is 18.0. The van der Waals surface area contributed by atoms with Gasteiger partial charge in [-0.1, -0.05) is 64.7 Å². The Morgan fingerprint density at radius 1 is 0.871 bits per heavy atom. The molecule has 31 heavy (non-hydrogen) atoms. The lowest BCUT2D eigenvalue weighted by molar-refractivity contribution is -0.189. The fourth-order valence-electron chi connectivity index (χ4n) is 3.44. The van der Waals surface area contributed by atoms with Crippen LogP contribution in [-0.4, -0.2) is 59.0 Å². The van der Waals surface area contributed by atoms with E-state index in [2.05, 4.69) is 6.92 Å². The summed E-state index contributed by atoms with van der Waals surface area (Å²) in [6.45, 7) is 3.24. The zero-order valence-corrected chi connectivity index (χ0v) is 19.6. The number of esters is 1. The third-order valence-corrected chi connectivity index (χ3v) is 5.08. The van der Waals surface area contributed by atoms with Crippen LogP contribution in [0.3, 0.4) is 0 Å². The van der Waals surface area contributed by atoms with Gasteiger partial charge in [0.1, 0.15) is 12.6 Å². The molecule has 0 heterocycles. The third-order valence-electron chi connectivity index (χ3n) is 5.08. The summed E-state index contributed by atoms with van der Waals surface area (Å²) >= 11 is 0. The molecule has 0 aromatic carbocycles. The highest BCUT2D eigenvalue weighted by molar-refractivity contribution is 5.72. The van der Waals surface area contributed by atoms with Crippen LogP contribution in [0.5, 0.6) is 0 Å². The molecule has 0 saturated heterocycles. The third kappa shape index (κ3) is 18.8. The van der Waals surface area contributed by atoms with Gasteiger partial charge in [-0.3, -0.25) is 14.4 Å². The number of aliphatic carboxylic acids is 1. The molecule has 2 atom stereocenters. The van der Waals surface area contributed by atoms with E-state index in [-0.39, 0.29) is 13.0 Å². The van der Waals surface area contributed by atoms with Crippen LogP contribution in [0, 0.1) is 0 Å². The Morgan fingerprint density at radius 2 is 1.42 bits per heavy atom. The van der Waals surface area contributed by atoms with E-state index in [9.17, 15) is 19.5 Å². The number of carboxylic acid groups (broad SMARTS) is 1. The number of aliphatic hydroxyl groups excluding tert-OH is 1. The average molecular weight is 446 g/mol. The Bertz CT molecular complexity index is 498. The van der Waals surface area contributed by atoms with Crippen molar-refractivity contribution in [3.05, 3.63) is 0 Å². The molecule has 0 aromatic heterocycles. The Hall–Kier alpha value is -1.67. The van der Waals surface area contributed by atoms with Crippen molar-refractivity contribution in [3.63, 3.8) is 0 Å². The zero-order chi connectivity index (χ0) is 23.5. The van der Waals surface area contributed by atoms with Crippen molar-refractivity contribution in [2.75, 3.05) is 13.6 Å². The molecule has 8 nitrogen and oxygen atoms in total. The summed E-state index contributed by atoms with van der Waals surface area (Å²) in [6.07, 6.45) is 10.8. The molecule has 0 aliphatic heterocycles. The SMILES string of the molecule is CCCCCCCCC(OC(=O)CN(C)OC(C)=O)C(O)CCCCCCCC(=O)O. The number of ether oxygens (including phenoxy) is 1. The first kappa shape index (κ1) is 29.3. The number of carbonyl (C=O) groups excluding carboxylic acids is 2. The van der Waals surface area contributed by atoms with E-state index in [0.717, 1.165) is 50.0 Å². The summed E-state index contributed by atoms with van der Waals surface area (Å²) in [5.74, 6) is -1.82. The van der Waals surface area contributed by atoms with E-state index in [4.69, 9.17) is 14.7 Å². The summed E-state index contributed by atoms with van der Waals surface area (Å²) in [4.78, 5) is 38.5. The number of likely N-dealkylation sites (N-methyl/N-ethyl adjacent to an activating group) is 1. The van der Waals surface area contributed by atoms with E-state index < -0.39 is 30.1 Å². The van der Waals surface area contributed by atoms with Crippen LogP contribution >= 0.6 is 0 Å². The van der Waals surface area contributed by atoms with Crippen molar-refractivity contribution >= 4 is 17.9 Å². The van der Waals surface area contributed by atoms with E-state index in [0.29, 0.717) is 19.3 Å². The second-order valence-corrected chi connectivity index (χ2v) is 8.22. The predicted molar refractivity (Wildman–Crippen MR) is 118 cm³/mol. The van der Waals surface area contributed by atoms with Crippen LogP contribution in [0.4, 0.5) is 0 Å². The van der Waals surface area contributed by atoms with Gasteiger partial charge in [-0.15, -0.1) is 5.06 Å². The minimum Gasteiger partial charge on any atom is -0.481 e. The molecule has 2 unspecified atom stereocenters. The van der Waals surface area contributed by atoms with Crippen LogP contribution in [0.15, 0.2) is 0 Å². The zero-order valence-electron chi connectivity index (χ0n) is 19.6. The molecule has 182 valence electrons. The van der Waals surface area contributed by atoms with Gasteiger partial charge in [-0.25, -0.2) is 0 Å². The van der Waals surface area contributed by atoms with Gasteiger partial charge in [0.2, 0.25) is 0 Å². The highest BCUT2D eigenvalue weighted by Crippen LogP contribution is 2.18. The minimum absolute atomic E-state index is 0.192. The fourth-order valence-corrected chi connectivity index (χ4v) is 3.44. The molecule has 0 aliphatic carbocycles. The Morgan fingerprint density at radius 3 is 2.00 bits per heavy atom. The average Bonchev–Trinajstić information content (AvgIpc) is 2.67. The highest BCUT2D eigenvalue weighted by Gasteiger charge is 2.24. The van der Waals surface area contributed by atoms with Crippen molar-refractivity contribution in [2.45, 2.75) is 116 Å². The van der Waals surface area contributed by atoms with Gasteiger partial charge in [0.05, 0.1) is 6.10 Å². The van der Waals surface area contributed by atoms with Gasteiger partial charge in [0.15, 0.2) is 0 Å². The number of nitrogens with zero attached hydrogens (tertiary/aromatic N) is 1. The normalized spacial score (nSPS) is 13.1. The number of carbonyl (C=O) groups is 3. The van der Waals surface area contributed by atoms with Crippen molar-refractivity contribution < 1.29 is 34.2 Å². The maximum Gasteiger partial charge on any atom is 0.324 e. The first-order valence-electron chi connectivity index (χ1n) is 11.7. The standard InChI is InChI=1S/C23H43NO7/c1-4-5-6-7-10-13-16-21(30-23(29)18-24(3)31-19(2)25)20(26)15-12-9-8-11-14-17-22(27)28/h20-21,26H,4-18H2,1-3H3,(H,27,28). The number of unbranched alkanes of at least 4 members (excludes halogenated alkanes) is 9. The van der Waals surface area contributed by atoms with Gasteiger partial charge in [0, 0.05) is 20.4 Å². The van der Waals surface area contributed by atoms with Crippen LogP contribution in [0.2, 0.25) is 0 Å². The van der Waals surface area contributed by atoms with Crippen molar-refractivity contribution in [1.82, 2.24) is 5.06 Å². The van der Waals surface area contributed by atoms with Gasteiger partial charge in [-0.2, -0.15) is 0 Å². The summed E-state index contributed by atoms with van der Waals surface area (Å²) in [5, 5.41) is 20.4. The molecule has 0 bridgehead atoms. The number of aliphatic hydroxyl groups is 1. The summed E-state index contributed by atoms with van der Waals surface area (Å²) in [5.41, 5.74) is 0.